The van der Waals surface area contributed by atoms with Crippen LogP contribution in [0.25, 0.3) is 0 Å². The van der Waals surface area contributed by atoms with Gasteiger partial charge in [-0.25, -0.2) is 0 Å². The zero-order valence-corrected chi connectivity index (χ0v) is 13.3. The molecule has 2 nitrogen and oxygen atoms in total. The maximum absolute atomic E-state index is 6.17. The van der Waals surface area contributed by atoms with Crippen LogP contribution in [0.3, 0.4) is 0 Å². The first-order chi connectivity index (χ1) is 8.29. The Balaban J connectivity index is 1.93. The molecule has 0 unspecified atom stereocenters. The molecule has 0 aromatic carbocycles. The zero-order chi connectivity index (χ0) is 13.4. The summed E-state index contributed by atoms with van der Waals surface area (Å²) in [6.45, 7) is 12.0. The van der Waals surface area contributed by atoms with E-state index in [9.17, 15) is 0 Å². The maximum Gasteiger partial charge on any atom is 0.192 e. The van der Waals surface area contributed by atoms with E-state index in [1.807, 2.05) is 6.20 Å². The van der Waals surface area contributed by atoms with Crippen molar-refractivity contribution in [3.63, 3.8) is 0 Å². The minimum absolute atomic E-state index is 0.265. The van der Waals surface area contributed by atoms with E-state index in [0.29, 0.717) is 6.61 Å². The minimum atomic E-state index is -1.65. The van der Waals surface area contributed by atoms with Crippen LogP contribution >= 0.6 is 0 Å². The second-order valence-corrected chi connectivity index (χ2v) is 11.7. The Morgan fingerprint density at radius 1 is 1.28 bits per heavy atom. The van der Waals surface area contributed by atoms with Gasteiger partial charge in [0.05, 0.1) is 12.3 Å². The van der Waals surface area contributed by atoms with Gasteiger partial charge in [-0.05, 0) is 48.5 Å². The highest BCUT2D eigenvalue weighted by molar-refractivity contribution is 6.74. The largest absolute Gasteiger partial charge is 0.411 e. The van der Waals surface area contributed by atoms with Gasteiger partial charge in [-0.15, -0.1) is 0 Å². The molecular weight excluding hydrogens is 238 g/mol. The highest BCUT2D eigenvalue weighted by atomic mass is 28.4. The molecule has 0 radical (unpaired) electrons. The number of rotatable bonds is 4. The van der Waals surface area contributed by atoms with Crippen molar-refractivity contribution in [2.75, 3.05) is 0 Å². The molecule has 0 bridgehead atoms. The maximum atomic E-state index is 6.17. The van der Waals surface area contributed by atoms with Gasteiger partial charge in [0.1, 0.15) is 0 Å². The molecule has 1 heterocycles. The number of nitrogens with zero attached hydrogens (tertiary/aromatic N) is 1. The van der Waals surface area contributed by atoms with Crippen LogP contribution in [-0.4, -0.2) is 13.3 Å². The predicted molar refractivity (Wildman–Crippen MR) is 78.2 cm³/mol. The van der Waals surface area contributed by atoms with E-state index in [1.165, 1.54) is 18.4 Å². The molecule has 18 heavy (non-hydrogen) atoms. The summed E-state index contributed by atoms with van der Waals surface area (Å²) in [4.78, 5) is 4.52. The van der Waals surface area contributed by atoms with Crippen molar-refractivity contribution in [1.29, 1.82) is 0 Å². The lowest BCUT2D eigenvalue weighted by molar-refractivity contribution is 0.272. The molecule has 0 N–H and O–H groups in total. The Hall–Kier alpha value is -0.673. The lowest BCUT2D eigenvalue weighted by Crippen LogP contribution is -2.40. The number of aromatic nitrogens is 1. The van der Waals surface area contributed by atoms with Crippen molar-refractivity contribution >= 4 is 8.32 Å². The molecule has 100 valence electrons. The summed E-state index contributed by atoms with van der Waals surface area (Å²) in [6.07, 6.45) is 4.70. The Kier molecular flexibility index (Phi) is 3.65. The van der Waals surface area contributed by atoms with Crippen molar-refractivity contribution in [2.24, 2.45) is 0 Å². The Bertz CT molecular complexity index is 401. The summed E-state index contributed by atoms with van der Waals surface area (Å²) in [5.41, 5.74) is 2.45. The summed E-state index contributed by atoms with van der Waals surface area (Å²) >= 11 is 0. The summed E-state index contributed by atoms with van der Waals surface area (Å²) in [5, 5.41) is 0.265. The van der Waals surface area contributed by atoms with Gasteiger partial charge < -0.3 is 4.43 Å². The first-order valence-corrected chi connectivity index (χ1v) is 9.79. The van der Waals surface area contributed by atoms with Crippen LogP contribution in [0.2, 0.25) is 18.1 Å². The first-order valence-electron chi connectivity index (χ1n) is 6.88. The smallest absolute Gasteiger partial charge is 0.192 e. The van der Waals surface area contributed by atoms with E-state index >= 15 is 0 Å². The Labute approximate surface area is 112 Å². The molecule has 0 amide bonds. The van der Waals surface area contributed by atoms with Crippen LogP contribution in [0, 0.1) is 0 Å². The van der Waals surface area contributed by atoms with Crippen LogP contribution in [-0.2, 0) is 11.0 Å². The van der Waals surface area contributed by atoms with Crippen molar-refractivity contribution < 1.29 is 4.43 Å². The number of hydrogen-bond donors (Lipinski definition) is 0. The molecular formula is C15H25NOSi. The monoisotopic (exact) mass is 263 g/mol. The molecule has 1 saturated carbocycles. The Morgan fingerprint density at radius 3 is 2.39 bits per heavy atom. The fourth-order valence-corrected chi connectivity index (χ4v) is 2.59. The van der Waals surface area contributed by atoms with Crippen molar-refractivity contribution in [3.8, 4) is 0 Å². The summed E-state index contributed by atoms with van der Waals surface area (Å²) in [7, 11) is -1.65. The molecule has 0 aliphatic heterocycles. The fourth-order valence-electron chi connectivity index (χ4n) is 1.65. The predicted octanol–water partition coefficient (Wildman–Crippen LogP) is 4.48. The molecule has 1 aliphatic rings. The molecule has 0 spiro atoms. The third kappa shape index (κ3) is 3.21. The summed E-state index contributed by atoms with van der Waals surface area (Å²) in [5.74, 6) is 0.785. The highest BCUT2D eigenvalue weighted by Crippen LogP contribution is 2.40. The topological polar surface area (TPSA) is 22.1 Å². The van der Waals surface area contributed by atoms with Crippen LogP contribution < -0.4 is 0 Å². The normalized spacial score (nSPS) is 16.9. The molecule has 0 saturated heterocycles. The Morgan fingerprint density at radius 2 is 1.94 bits per heavy atom. The molecule has 2 rings (SSSR count). The van der Waals surface area contributed by atoms with Gasteiger partial charge in [0.25, 0.3) is 0 Å². The number of hydrogen-bond acceptors (Lipinski definition) is 2. The van der Waals surface area contributed by atoms with Crippen LogP contribution in [0.15, 0.2) is 18.3 Å². The summed E-state index contributed by atoms with van der Waals surface area (Å²) < 4.78 is 6.17. The van der Waals surface area contributed by atoms with E-state index in [1.54, 1.807) is 0 Å². The quantitative estimate of drug-likeness (QED) is 0.747. The van der Waals surface area contributed by atoms with Crippen molar-refractivity contribution in [2.45, 2.75) is 64.3 Å². The molecule has 1 fully saturated rings. The molecule has 0 atom stereocenters. The van der Waals surface area contributed by atoms with Crippen molar-refractivity contribution in [1.82, 2.24) is 4.98 Å². The van der Waals surface area contributed by atoms with Gasteiger partial charge in [0.15, 0.2) is 8.32 Å². The SMILES string of the molecule is CC(C)(C)[Si](C)(C)OCc1ccc(C2CC2)cn1. The van der Waals surface area contributed by atoms with E-state index in [2.05, 4.69) is 51.0 Å². The van der Waals surface area contributed by atoms with E-state index in [4.69, 9.17) is 4.43 Å². The molecule has 3 heteroatoms. The lowest BCUT2D eigenvalue weighted by atomic mass is 10.2. The molecule has 1 aliphatic carbocycles. The van der Waals surface area contributed by atoms with Crippen molar-refractivity contribution in [3.05, 3.63) is 29.6 Å². The molecule has 1 aromatic heterocycles. The van der Waals surface area contributed by atoms with Gasteiger partial charge in [0.2, 0.25) is 0 Å². The van der Waals surface area contributed by atoms with Gasteiger partial charge in [0, 0.05) is 6.20 Å². The second kappa shape index (κ2) is 4.78. The van der Waals surface area contributed by atoms with Gasteiger partial charge in [-0.1, -0.05) is 26.8 Å². The average molecular weight is 263 g/mol. The highest BCUT2D eigenvalue weighted by Gasteiger charge is 2.37. The van der Waals surface area contributed by atoms with Gasteiger partial charge >= 0.3 is 0 Å². The first kappa shape index (κ1) is 13.8. The summed E-state index contributed by atoms with van der Waals surface area (Å²) in [6, 6.07) is 4.34. The average Bonchev–Trinajstić information content (AvgIpc) is 3.09. The van der Waals surface area contributed by atoms with Gasteiger partial charge in [-0.2, -0.15) is 0 Å². The van der Waals surface area contributed by atoms with Crippen LogP contribution in [0.1, 0.15) is 50.8 Å². The fraction of sp³-hybridized carbons (Fsp3) is 0.667. The minimum Gasteiger partial charge on any atom is -0.411 e. The second-order valence-electron chi connectivity index (χ2n) is 6.91. The van der Waals surface area contributed by atoms with E-state index in [0.717, 1.165) is 11.6 Å². The third-order valence-corrected chi connectivity index (χ3v) is 8.76. The van der Waals surface area contributed by atoms with Crippen LogP contribution in [0.5, 0.6) is 0 Å². The van der Waals surface area contributed by atoms with Gasteiger partial charge in [-0.3, -0.25) is 4.98 Å². The number of pyridine rings is 1. The molecule has 1 aromatic rings. The lowest BCUT2D eigenvalue weighted by Gasteiger charge is -2.36. The van der Waals surface area contributed by atoms with E-state index < -0.39 is 8.32 Å². The third-order valence-electron chi connectivity index (χ3n) is 4.28. The zero-order valence-electron chi connectivity index (χ0n) is 12.3. The standard InChI is InChI=1S/C15H25NOSi/c1-15(2,3)18(4,5)17-11-14-9-8-13(10-16-14)12-6-7-12/h8-10,12H,6-7,11H2,1-5H3. The van der Waals surface area contributed by atoms with Crippen LogP contribution in [0.4, 0.5) is 0 Å². The van der Waals surface area contributed by atoms with E-state index in [-0.39, 0.29) is 5.04 Å².